The number of fused-ring (bicyclic) bond motifs is 4. The van der Waals surface area contributed by atoms with Crippen molar-refractivity contribution in [2.45, 2.75) is 51.4 Å². The molecule has 0 radical (unpaired) electrons. The molecule has 0 bridgehead atoms. The number of hydrogen-bond acceptors (Lipinski definition) is 4. The van der Waals surface area contributed by atoms with Gasteiger partial charge >= 0.3 is 0 Å². The molecule has 0 aliphatic carbocycles. The van der Waals surface area contributed by atoms with Crippen LogP contribution in [-0.2, 0) is 10.8 Å². The molecule has 0 saturated carbocycles. The van der Waals surface area contributed by atoms with Crippen molar-refractivity contribution >= 4 is 42.9 Å². The molecule has 4 heteroatoms. The average molecular weight is 407 g/mol. The maximum atomic E-state index is 13.6. The fourth-order valence-corrected chi connectivity index (χ4v) is 6.15. The summed E-state index contributed by atoms with van der Waals surface area (Å²) in [5.74, 6) is 0. The van der Waals surface area contributed by atoms with Crippen molar-refractivity contribution in [3.8, 4) is 0 Å². The molecule has 29 heavy (non-hydrogen) atoms. The summed E-state index contributed by atoms with van der Waals surface area (Å²) in [5.41, 5.74) is 5.55. The van der Waals surface area contributed by atoms with Crippen molar-refractivity contribution < 1.29 is 0 Å². The molecule has 3 heterocycles. The molecule has 1 aromatic heterocycles. The number of anilines is 2. The molecule has 0 unspecified atom stereocenters. The largest absolute Gasteiger partial charge is 0.374 e. The molecule has 3 aromatic rings. The zero-order valence-corrected chi connectivity index (χ0v) is 19.2. The first kappa shape index (κ1) is 18.9. The van der Waals surface area contributed by atoms with Crippen LogP contribution in [0.4, 0.5) is 11.4 Å². The third-order valence-corrected chi connectivity index (χ3v) is 8.45. The van der Waals surface area contributed by atoms with Gasteiger partial charge in [-0.05, 0) is 59.1 Å². The molecule has 5 rings (SSSR count). The van der Waals surface area contributed by atoms with E-state index in [-0.39, 0.29) is 16.3 Å². The van der Waals surface area contributed by atoms with Crippen molar-refractivity contribution in [3.05, 3.63) is 45.6 Å². The van der Waals surface area contributed by atoms with Crippen LogP contribution in [0.15, 0.2) is 29.1 Å². The molecule has 0 atom stereocenters. The van der Waals surface area contributed by atoms with E-state index in [4.69, 9.17) is 0 Å². The summed E-state index contributed by atoms with van der Waals surface area (Å²) in [5, 5.41) is 1.76. The molecular formula is C25H30N2OS. The lowest BCUT2D eigenvalue weighted by atomic mass is 9.77. The van der Waals surface area contributed by atoms with Crippen LogP contribution < -0.4 is 15.2 Å². The van der Waals surface area contributed by atoms with E-state index in [1.54, 1.807) is 11.3 Å². The first-order valence-corrected chi connectivity index (χ1v) is 11.4. The number of nitrogens with zero attached hydrogens (tertiary/aromatic N) is 2. The van der Waals surface area contributed by atoms with Crippen LogP contribution >= 0.6 is 11.3 Å². The highest BCUT2D eigenvalue weighted by atomic mass is 32.1. The molecule has 152 valence electrons. The lowest BCUT2D eigenvalue weighted by Gasteiger charge is -2.39. The van der Waals surface area contributed by atoms with Crippen LogP contribution in [0.25, 0.3) is 20.2 Å². The Morgan fingerprint density at radius 2 is 1.17 bits per heavy atom. The maximum absolute atomic E-state index is 13.6. The zero-order chi connectivity index (χ0) is 20.7. The summed E-state index contributed by atoms with van der Waals surface area (Å²) in [4.78, 5) is 18.3. The van der Waals surface area contributed by atoms with Gasteiger partial charge in [0.15, 0.2) is 5.43 Å². The fourth-order valence-electron chi connectivity index (χ4n) is 5.05. The second-order valence-electron chi connectivity index (χ2n) is 10.3. The second kappa shape index (κ2) is 5.98. The van der Waals surface area contributed by atoms with Crippen LogP contribution in [0.3, 0.4) is 0 Å². The van der Waals surface area contributed by atoms with Gasteiger partial charge in [-0.15, -0.1) is 11.3 Å². The highest BCUT2D eigenvalue weighted by Gasteiger charge is 2.32. The first-order valence-electron chi connectivity index (χ1n) is 10.6. The fraction of sp³-hybridized carbons (Fsp3) is 0.480. The van der Waals surface area contributed by atoms with E-state index < -0.39 is 0 Å². The van der Waals surface area contributed by atoms with Crippen molar-refractivity contribution in [3.63, 3.8) is 0 Å². The lowest BCUT2D eigenvalue weighted by molar-refractivity contribution is 0.463. The minimum Gasteiger partial charge on any atom is -0.374 e. The van der Waals surface area contributed by atoms with Gasteiger partial charge in [0.1, 0.15) is 0 Å². The Hall–Kier alpha value is -2.07. The number of hydrogen-bond donors (Lipinski definition) is 0. The smallest absolute Gasteiger partial charge is 0.195 e. The Labute approximate surface area is 176 Å². The standard InChI is InChI=1S/C25H30N2OS/c1-24(2)7-9-26(5)19-13-21-15(11-17(19)24)23(28)16-12-18-20(14-22(16)29-21)27(6)10-8-25(18,3)4/h11-14H,7-10H2,1-6H3. The van der Waals surface area contributed by atoms with E-state index in [2.05, 4.69) is 75.9 Å². The van der Waals surface area contributed by atoms with Crippen molar-refractivity contribution in [2.24, 2.45) is 0 Å². The van der Waals surface area contributed by atoms with E-state index in [1.807, 2.05) is 0 Å². The summed E-state index contributed by atoms with van der Waals surface area (Å²) in [6.45, 7) is 11.3. The summed E-state index contributed by atoms with van der Waals surface area (Å²) >= 11 is 1.76. The normalized spacial score (nSPS) is 20.1. The number of benzene rings is 2. The van der Waals surface area contributed by atoms with Crippen molar-refractivity contribution in [2.75, 3.05) is 37.0 Å². The van der Waals surface area contributed by atoms with Gasteiger partial charge in [0.2, 0.25) is 0 Å². The zero-order valence-electron chi connectivity index (χ0n) is 18.3. The van der Waals surface area contributed by atoms with Gasteiger partial charge < -0.3 is 9.80 Å². The highest BCUT2D eigenvalue weighted by molar-refractivity contribution is 7.24. The van der Waals surface area contributed by atoms with Crippen LogP contribution in [0.1, 0.15) is 51.7 Å². The van der Waals surface area contributed by atoms with E-state index in [1.165, 1.54) is 22.5 Å². The van der Waals surface area contributed by atoms with Crippen LogP contribution in [0, 0.1) is 0 Å². The van der Waals surface area contributed by atoms with E-state index in [0.29, 0.717) is 0 Å². The van der Waals surface area contributed by atoms with Crippen LogP contribution in [0.5, 0.6) is 0 Å². The predicted octanol–water partition coefficient (Wildman–Crippen LogP) is 5.65. The van der Waals surface area contributed by atoms with Gasteiger partial charge in [-0.25, -0.2) is 0 Å². The summed E-state index contributed by atoms with van der Waals surface area (Å²) in [6, 6.07) is 8.89. The van der Waals surface area contributed by atoms with E-state index in [0.717, 1.165) is 46.1 Å². The quantitative estimate of drug-likeness (QED) is 0.451. The molecule has 2 aromatic carbocycles. The van der Waals surface area contributed by atoms with Crippen molar-refractivity contribution in [1.29, 1.82) is 0 Å². The molecule has 0 fully saturated rings. The van der Waals surface area contributed by atoms with Gasteiger partial charge in [-0.3, -0.25) is 4.79 Å². The molecule has 0 amide bonds. The third-order valence-electron chi connectivity index (χ3n) is 7.33. The minimum absolute atomic E-state index is 0.0999. The Kier molecular flexibility index (Phi) is 3.90. The van der Waals surface area contributed by atoms with Crippen molar-refractivity contribution in [1.82, 2.24) is 0 Å². The Morgan fingerprint density at radius 1 is 0.759 bits per heavy atom. The highest BCUT2D eigenvalue weighted by Crippen LogP contribution is 2.44. The summed E-state index contributed by atoms with van der Waals surface area (Å²) < 4.78 is 2.20. The average Bonchev–Trinajstić information content (AvgIpc) is 2.67. The van der Waals surface area contributed by atoms with Crippen LogP contribution in [-0.4, -0.2) is 27.2 Å². The molecule has 0 spiro atoms. The Balaban J connectivity index is 1.85. The lowest BCUT2D eigenvalue weighted by Crippen LogP contribution is -2.35. The van der Waals surface area contributed by atoms with E-state index >= 15 is 0 Å². The first-order chi connectivity index (χ1) is 13.6. The summed E-state index contributed by atoms with van der Waals surface area (Å²) in [7, 11) is 4.33. The van der Waals surface area contributed by atoms with Gasteiger partial charge in [-0.2, -0.15) is 0 Å². The monoisotopic (exact) mass is 406 g/mol. The molecular weight excluding hydrogens is 376 g/mol. The van der Waals surface area contributed by atoms with Crippen LogP contribution in [0.2, 0.25) is 0 Å². The molecule has 2 aliphatic rings. The molecule has 3 nitrogen and oxygen atoms in total. The molecule has 2 aliphatic heterocycles. The topological polar surface area (TPSA) is 23.6 Å². The van der Waals surface area contributed by atoms with Gasteiger partial charge in [-0.1, -0.05) is 27.7 Å². The Morgan fingerprint density at radius 3 is 1.59 bits per heavy atom. The molecule has 0 saturated heterocycles. The SMILES string of the molecule is CN1CCC(C)(C)c2cc3c(=O)c4cc5c(cc4sc3cc21)N(C)CCC5(C)C. The number of rotatable bonds is 0. The van der Waals surface area contributed by atoms with Gasteiger partial charge in [0, 0.05) is 58.7 Å². The molecule has 0 N–H and O–H groups in total. The Bertz CT molecular complexity index is 1130. The van der Waals surface area contributed by atoms with Gasteiger partial charge in [0.05, 0.1) is 0 Å². The minimum atomic E-state index is 0.0999. The second-order valence-corrected chi connectivity index (χ2v) is 11.4. The third kappa shape index (κ3) is 2.72. The van der Waals surface area contributed by atoms with Gasteiger partial charge in [0.25, 0.3) is 0 Å². The maximum Gasteiger partial charge on any atom is 0.195 e. The predicted molar refractivity (Wildman–Crippen MR) is 127 cm³/mol. The summed E-state index contributed by atoms with van der Waals surface area (Å²) in [6.07, 6.45) is 2.22. The van der Waals surface area contributed by atoms with E-state index in [9.17, 15) is 4.79 Å².